The molecule has 0 unspecified atom stereocenters. The number of benzene rings is 1. The van der Waals surface area contributed by atoms with E-state index in [1.807, 2.05) is 0 Å². The molecule has 2 N–H and O–H groups in total. The highest BCUT2D eigenvalue weighted by atomic mass is 16.5. The zero-order valence-electron chi connectivity index (χ0n) is 14.2. The number of hydrogen-bond acceptors (Lipinski definition) is 6. The molecule has 1 aliphatic rings. The summed E-state index contributed by atoms with van der Waals surface area (Å²) in [6.45, 7) is 6.38. The van der Waals surface area contributed by atoms with Crippen LogP contribution in [0, 0.1) is 0 Å². The van der Waals surface area contributed by atoms with Crippen LogP contribution in [0.25, 0.3) is 11.0 Å². The molecule has 1 saturated heterocycles. The highest BCUT2D eigenvalue weighted by Gasteiger charge is 2.16. The third-order valence-corrected chi connectivity index (χ3v) is 4.05. The number of anilines is 1. The second-order valence-electron chi connectivity index (χ2n) is 5.99. The van der Waals surface area contributed by atoms with Crippen molar-refractivity contribution in [2.24, 2.45) is 0 Å². The van der Waals surface area contributed by atoms with Crippen molar-refractivity contribution in [3.05, 3.63) is 23.9 Å². The van der Waals surface area contributed by atoms with Crippen molar-refractivity contribution in [1.82, 2.24) is 15.4 Å². The number of amides is 2. The second-order valence-corrected chi connectivity index (χ2v) is 5.99. The van der Waals surface area contributed by atoms with Gasteiger partial charge in [0, 0.05) is 38.3 Å². The van der Waals surface area contributed by atoms with Gasteiger partial charge in [-0.2, -0.15) is 0 Å². The van der Waals surface area contributed by atoms with Crippen LogP contribution in [-0.2, 0) is 9.53 Å². The smallest absolute Gasteiger partial charge is 0.274 e. The Hall–Kier alpha value is -2.45. The molecule has 0 atom stereocenters. The van der Waals surface area contributed by atoms with Gasteiger partial charge < -0.3 is 19.9 Å². The lowest BCUT2D eigenvalue weighted by Gasteiger charge is -2.26. The molecule has 2 amide bonds. The number of fused-ring (bicyclic) bond motifs is 1. The molecule has 0 radical (unpaired) electrons. The van der Waals surface area contributed by atoms with Crippen LogP contribution in [0.3, 0.4) is 0 Å². The lowest BCUT2D eigenvalue weighted by atomic mass is 10.2. The monoisotopic (exact) mass is 346 g/mol. The number of carbonyl (C=O) groups is 2. The minimum Gasteiger partial charge on any atom is -0.379 e. The lowest BCUT2D eigenvalue weighted by molar-refractivity contribution is -0.114. The summed E-state index contributed by atoms with van der Waals surface area (Å²) in [5, 5.41) is 10.0. The third-order valence-electron chi connectivity index (χ3n) is 4.05. The van der Waals surface area contributed by atoms with E-state index in [-0.39, 0.29) is 17.5 Å². The topological polar surface area (TPSA) is 96.7 Å². The first-order valence-corrected chi connectivity index (χ1v) is 8.39. The molecule has 1 fully saturated rings. The van der Waals surface area contributed by atoms with Crippen LogP contribution in [0.1, 0.15) is 23.8 Å². The predicted molar refractivity (Wildman–Crippen MR) is 92.5 cm³/mol. The summed E-state index contributed by atoms with van der Waals surface area (Å²) in [5.74, 6) is -0.426. The molecular formula is C17H22N4O4. The minimum atomic E-state index is -0.256. The summed E-state index contributed by atoms with van der Waals surface area (Å²) < 4.78 is 10.5. The molecule has 0 aliphatic carbocycles. The number of aromatic nitrogens is 1. The number of nitrogens with one attached hydrogen (secondary N) is 2. The number of rotatable bonds is 6. The average Bonchev–Trinajstić information content (AvgIpc) is 3.02. The maximum absolute atomic E-state index is 12.3. The molecule has 1 aromatic carbocycles. The van der Waals surface area contributed by atoms with Gasteiger partial charge in [0.25, 0.3) is 5.91 Å². The average molecular weight is 346 g/mol. The van der Waals surface area contributed by atoms with E-state index < -0.39 is 0 Å². The van der Waals surface area contributed by atoms with Crippen molar-refractivity contribution in [3.8, 4) is 0 Å². The summed E-state index contributed by atoms with van der Waals surface area (Å²) in [5.41, 5.74) is 1.33. The fourth-order valence-electron chi connectivity index (χ4n) is 2.80. The first kappa shape index (κ1) is 17.4. The molecular weight excluding hydrogens is 324 g/mol. The Kier molecular flexibility index (Phi) is 5.62. The van der Waals surface area contributed by atoms with Gasteiger partial charge in [-0.1, -0.05) is 5.16 Å². The second kappa shape index (κ2) is 8.09. The molecule has 1 aliphatic heterocycles. The molecule has 0 bridgehead atoms. The maximum Gasteiger partial charge on any atom is 0.274 e. The van der Waals surface area contributed by atoms with Gasteiger partial charge in [-0.25, -0.2) is 0 Å². The Morgan fingerprint density at radius 3 is 2.84 bits per heavy atom. The van der Waals surface area contributed by atoms with Crippen molar-refractivity contribution in [2.75, 3.05) is 44.7 Å². The number of hydrogen-bond donors (Lipinski definition) is 2. The largest absolute Gasteiger partial charge is 0.379 e. The van der Waals surface area contributed by atoms with Gasteiger partial charge in [0.1, 0.15) is 0 Å². The Morgan fingerprint density at radius 1 is 1.28 bits per heavy atom. The molecule has 134 valence electrons. The summed E-state index contributed by atoms with van der Waals surface area (Å²) in [6, 6.07) is 5.09. The van der Waals surface area contributed by atoms with Crippen molar-refractivity contribution >= 4 is 28.5 Å². The van der Waals surface area contributed by atoms with E-state index in [0.29, 0.717) is 23.2 Å². The number of nitrogens with zero attached hydrogens (tertiary/aromatic N) is 2. The van der Waals surface area contributed by atoms with Crippen LogP contribution in [0.2, 0.25) is 0 Å². The summed E-state index contributed by atoms with van der Waals surface area (Å²) in [4.78, 5) is 25.7. The van der Waals surface area contributed by atoms with Gasteiger partial charge in [-0.05, 0) is 25.1 Å². The van der Waals surface area contributed by atoms with Crippen molar-refractivity contribution in [2.45, 2.75) is 13.3 Å². The fourth-order valence-corrected chi connectivity index (χ4v) is 2.80. The summed E-state index contributed by atoms with van der Waals surface area (Å²) in [6.07, 6.45) is 0.869. The zero-order chi connectivity index (χ0) is 17.6. The molecule has 2 heterocycles. The first-order valence-electron chi connectivity index (χ1n) is 8.39. The van der Waals surface area contributed by atoms with Crippen molar-refractivity contribution in [3.63, 3.8) is 0 Å². The molecule has 8 nitrogen and oxygen atoms in total. The normalized spacial score (nSPS) is 15.2. The van der Waals surface area contributed by atoms with E-state index in [1.54, 1.807) is 18.2 Å². The molecule has 3 rings (SSSR count). The van der Waals surface area contributed by atoms with Gasteiger partial charge in [0.2, 0.25) is 5.91 Å². The van der Waals surface area contributed by atoms with Crippen LogP contribution >= 0.6 is 0 Å². The van der Waals surface area contributed by atoms with Crippen LogP contribution < -0.4 is 10.6 Å². The van der Waals surface area contributed by atoms with Crippen LogP contribution in [0.15, 0.2) is 22.7 Å². The molecule has 2 aromatic rings. The van der Waals surface area contributed by atoms with Crippen molar-refractivity contribution < 1.29 is 18.8 Å². The van der Waals surface area contributed by atoms with E-state index in [0.717, 1.165) is 39.3 Å². The number of ether oxygens (including phenoxy) is 1. The number of carbonyl (C=O) groups excluding carboxylic acids is 2. The quantitative estimate of drug-likeness (QED) is 0.764. The highest BCUT2D eigenvalue weighted by Crippen LogP contribution is 2.22. The van der Waals surface area contributed by atoms with E-state index >= 15 is 0 Å². The third kappa shape index (κ3) is 4.55. The van der Waals surface area contributed by atoms with E-state index in [4.69, 9.17) is 9.26 Å². The van der Waals surface area contributed by atoms with E-state index in [2.05, 4.69) is 20.7 Å². The van der Waals surface area contributed by atoms with Crippen LogP contribution in [-0.4, -0.2) is 61.3 Å². The first-order chi connectivity index (χ1) is 12.1. The predicted octanol–water partition coefficient (Wildman–Crippen LogP) is 1.24. The molecule has 1 aromatic heterocycles. The zero-order valence-corrected chi connectivity index (χ0v) is 14.2. The van der Waals surface area contributed by atoms with Gasteiger partial charge in [-0.3, -0.25) is 14.5 Å². The molecule has 8 heteroatoms. The molecule has 0 saturated carbocycles. The standard InChI is InChI=1S/C17H22N4O4/c1-12(22)19-13-3-4-14-15(11-13)25-20-16(14)17(23)18-5-2-6-21-7-9-24-10-8-21/h3-4,11H,2,5-10H2,1H3,(H,18,23)(H,19,22). The summed E-state index contributed by atoms with van der Waals surface area (Å²) in [7, 11) is 0. The summed E-state index contributed by atoms with van der Waals surface area (Å²) >= 11 is 0. The fraction of sp³-hybridized carbons (Fsp3) is 0.471. The lowest BCUT2D eigenvalue weighted by Crippen LogP contribution is -2.38. The molecule has 0 spiro atoms. The van der Waals surface area contributed by atoms with Gasteiger partial charge in [0.05, 0.1) is 18.6 Å². The van der Waals surface area contributed by atoms with Crippen LogP contribution in [0.4, 0.5) is 5.69 Å². The number of morpholine rings is 1. The minimum absolute atomic E-state index is 0.169. The van der Waals surface area contributed by atoms with E-state index in [1.165, 1.54) is 6.92 Å². The van der Waals surface area contributed by atoms with E-state index in [9.17, 15) is 9.59 Å². The highest BCUT2D eigenvalue weighted by molar-refractivity contribution is 6.05. The maximum atomic E-state index is 12.3. The Morgan fingerprint density at radius 2 is 2.08 bits per heavy atom. The van der Waals surface area contributed by atoms with Crippen LogP contribution in [0.5, 0.6) is 0 Å². The Balaban J connectivity index is 1.53. The van der Waals surface area contributed by atoms with Crippen molar-refractivity contribution in [1.29, 1.82) is 0 Å². The Labute approximate surface area is 145 Å². The van der Waals surface area contributed by atoms with Gasteiger partial charge in [0.15, 0.2) is 11.3 Å². The SMILES string of the molecule is CC(=O)Nc1ccc2c(C(=O)NCCCN3CCOCC3)noc2c1. The molecule has 25 heavy (non-hydrogen) atoms. The van der Waals surface area contributed by atoms with Gasteiger partial charge >= 0.3 is 0 Å². The van der Waals surface area contributed by atoms with Gasteiger partial charge in [-0.15, -0.1) is 0 Å². The Bertz CT molecular complexity index is 752.